The van der Waals surface area contributed by atoms with Crippen LogP contribution in [0.5, 0.6) is 0 Å². The van der Waals surface area contributed by atoms with Crippen LogP contribution in [0.1, 0.15) is 11.4 Å². The van der Waals surface area contributed by atoms with E-state index in [1.54, 1.807) is 0 Å². The minimum Gasteiger partial charge on any atom is -0.368 e. The third-order valence-electron chi connectivity index (χ3n) is 3.74. The largest absolute Gasteiger partial charge is 0.368 e. The molecule has 0 bridgehead atoms. The molecule has 1 aromatic heterocycles. The van der Waals surface area contributed by atoms with Crippen molar-refractivity contribution < 1.29 is 0 Å². The maximum atomic E-state index is 4.28. The van der Waals surface area contributed by atoms with E-state index in [0.717, 1.165) is 38.5 Å². The number of anilines is 1. The van der Waals surface area contributed by atoms with Crippen molar-refractivity contribution >= 4 is 5.69 Å². The Morgan fingerprint density at radius 3 is 3.00 bits per heavy atom. The quantitative estimate of drug-likeness (QED) is 0.909. The molecule has 1 aromatic carbocycles. The van der Waals surface area contributed by atoms with Crippen LogP contribution >= 0.6 is 0 Å². The first kappa shape index (κ1) is 12.2. The van der Waals surface area contributed by atoms with Crippen LogP contribution in [0.2, 0.25) is 0 Å². The number of aromatic nitrogens is 2. The minimum absolute atomic E-state index is 0.969. The van der Waals surface area contributed by atoms with Crippen LogP contribution in [0.3, 0.4) is 0 Å². The fourth-order valence-electron chi connectivity index (χ4n) is 2.63. The first-order valence-electron chi connectivity index (χ1n) is 6.86. The van der Waals surface area contributed by atoms with Crippen LogP contribution < -0.4 is 10.2 Å². The molecule has 100 valence electrons. The van der Waals surface area contributed by atoms with E-state index in [0.29, 0.717) is 0 Å². The first-order valence-corrected chi connectivity index (χ1v) is 6.86. The van der Waals surface area contributed by atoms with Crippen molar-refractivity contribution in [3.05, 3.63) is 48.0 Å². The Balaban J connectivity index is 1.75. The monoisotopic (exact) mass is 256 g/mol. The van der Waals surface area contributed by atoms with Gasteiger partial charge in [-0.05, 0) is 18.6 Å². The van der Waals surface area contributed by atoms with Crippen molar-refractivity contribution in [2.75, 3.05) is 24.5 Å². The van der Waals surface area contributed by atoms with Gasteiger partial charge in [0.15, 0.2) is 0 Å². The van der Waals surface area contributed by atoms with Gasteiger partial charge in [-0.25, -0.2) is 4.98 Å². The zero-order valence-corrected chi connectivity index (χ0v) is 11.3. The average molecular weight is 256 g/mol. The number of aryl methyl sites for hydroxylation is 1. The van der Waals surface area contributed by atoms with E-state index in [1.807, 2.05) is 6.20 Å². The van der Waals surface area contributed by atoms with Gasteiger partial charge in [0, 0.05) is 50.8 Å². The molecule has 0 atom stereocenters. The van der Waals surface area contributed by atoms with Crippen LogP contribution in [0.15, 0.2) is 36.7 Å². The molecule has 0 amide bonds. The minimum atomic E-state index is 0.969. The normalized spacial score (nSPS) is 15.1. The van der Waals surface area contributed by atoms with Crippen molar-refractivity contribution in [2.24, 2.45) is 0 Å². The number of rotatable bonds is 3. The standard InChI is InChI=1S/C15H20N4/c1-13-17-7-9-18(13)10-11-19-8-6-16-12-14-4-2-3-5-15(14)19/h2-5,7,9,16H,6,8,10-12H2,1H3. The summed E-state index contributed by atoms with van der Waals surface area (Å²) in [5.74, 6) is 1.08. The van der Waals surface area contributed by atoms with Crippen molar-refractivity contribution in [3.63, 3.8) is 0 Å². The second-order valence-corrected chi connectivity index (χ2v) is 4.96. The number of para-hydroxylation sites is 1. The summed E-state index contributed by atoms with van der Waals surface area (Å²) in [5, 5.41) is 3.48. The maximum Gasteiger partial charge on any atom is 0.105 e. The summed E-state index contributed by atoms with van der Waals surface area (Å²) in [6.07, 6.45) is 3.92. The first-order chi connectivity index (χ1) is 9.34. The number of nitrogens with one attached hydrogen (secondary N) is 1. The van der Waals surface area contributed by atoms with Gasteiger partial charge in [-0.1, -0.05) is 18.2 Å². The zero-order valence-electron chi connectivity index (χ0n) is 11.3. The van der Waals surface area contributed by atoms with Crippen LogP contribution in [0.25, 0.3) is 0 Å². The van der Waals surface area contributed by atoms with Gasteiger partial charge in [-0.3, -0.25) is 0 Å². The van der Waals surface area contributed by atoms with Crippen molar-refractivity contribution in [1.29, 1.82) is 0 Å². The fourth-order valence-corrected chi connectivity index (χ4v) is 2.63. The summed E-state index contributed by atoms with van der Waals surface area (Å²) in [6.45, 7) is 7.13. The van der Waals surface area contributed by atoms with E-state index < -0.39 is 0 Å². The highest BCUT2D eigenvalue weighted by atomic mass is 15.2. The van der Waals surface area contributed by atoms with E-state index in [9.17, 15) is 0 Å². The Morgan fingerprint density at radius 1 is 1.26 bits per heavy atom. The molecule has 0 saturated heterocycles. The lowest BCUT2D eigenvalue weighted by atomic mass is 10.1. The Morgan fingerprint density at radius 2 is 2.16 bits per heavy atom. The van der Waals surface area contributed by atoms with Crippen LogP contribution in [0, 0.1) is 6.92 Å². The predicted octanol–water partition coefficient (Wildman–Crippen LogP) is 1.80. The van der Waals surface area contributed by atoms with Crippen LogP contribution in [-0.4, -0.2) is 29.2 Å². The molecule has 0 radical (unpaired) electrons. The molecule has 2 heterocycles. The number of benzene rings is 1. The maximum absolute atomic E-state index is 4.28. The summed E-state index contributed by atoms with van der Waals surface area (Å²) in [7, 11) is 0. The number of imidazole rings is 1. The topological polar surface area (TPSA) is 33.1 Å². The van der Waals surface area contributed by atoms with Crippen molar-refractivity contribution in [2.45, 2.75) is 20.0 Å². The molecular formula is C15H20N4. The van der Waals surface area contributed by atoms with Gasteiger partial charge in [0.05, 0.1) is 0 Å². The Kier molecular flexibility index (Phi) is 3.51. The Bertz CT molecular complexity index is 547. The van der Waals surface area contributed by atoms with Gasteiger partial charge < -0.3 is 14.8 Å². The molecule has 2 aromatic rings. The summed E-state index contributed by atoms with van der Waals surface area (Å²) >= 11 is 0. The lowest BCUT2D eigenvalue weighted by Gasteiger charge is -2.25. The van der Waals surface area contributed by atoms with Gasteiger partial charge in [-0.2, -0.15) is 0 Å². The van der Waals surface area contributed by atoms with Crippen molar-refractivity contribution in [3.8, 4) is 0 Å². The average Bonchev–Trinajstić information content (AvgIpc) is 2.73. The molecule has 1 aliphatic rings. The van der Waals surface area contributed by atoms with E-state index in [-0.39, 0.29) is 0 Å². The Labute approximate surface area is 114 Å². The smallest absolute Gasteiger partial charge is 0.105 e. The van der Waals surface area contributed by atoms with E-state index >= 15 is 0 Å². The summed E-state index contributed by atoms with van der Waals surface area (Å²) in [4.78, 5) is 6.74. The number of hydrogen-bond donors (Lipinski definition) is 1. The number of nitrogens with zero attached hydrogens (tertiary/aromatic N) is 3. The van der Waals surface area contributed by atoms with E-state index in [4.69, 9.17) is 0 Å². The highest BCUT2D eigenvalue weighted by molar-refractivity contribution is 5.54. The number of hydrogen-bond acceptors (Lipinski definition) is 3. The third kappa shape index (κ3) is 2.63. The molecule has 1 aliphatic heterocycles. The van der Waals surface area contributed by atoms with E-state index in [2.05, 4.69) is 57.2 Å². The molecular weight excluding hydrogens is 236 g/mol. The van der Waals surface area contributed by atoms with Gasteiger partial charge >= 0.3 is 0 Å². The zero-order chi connectivity index (χ0) is 13.1. The molecule has 0 spiro atoms. The molecule has 0 fully saturated rings. The second-order valence-electron chi connectivity index (χ2n) is 4.96. The SMILES string of the molecule is Cc1nccn1CCN1CCNCc2ccccc21. The number of fused-ring (bicyclic) bond motifs is 1. The molecule has 19 heavy (non-hydrogen) atoms. The molecule has 3 rings (SSSR count). The van der Waals surface area contributed by atoms with Crippen molar-refractivity contribution in [1.82, 2.24) is 14.9 Å². The van der Waals surface area contributed by atoms with Crippen LogP contribution in [-0.2, 0) is 13.1 Å². The summed E-state index contributed by atoms with van der Waals surface area (Å²) in [6, 6.07) is 8.68. The lowest BCUT2D eigenvalue weighted by Crippen LogP contribution is -2.31. The molecule has 0 aliphatic carbocycles. The molecule has 0 unspecified atom stereocenters. The highest BCUT2D eigenvalue weighted by Crippen LogP contribution is 2.21. The van der Waals surface area contributed by atoms with Gasteiger partial charge in [0.1, 0.15) is 5.82 Å². The van der Waals surface area contributed by atoms with Gasteiger partial charge in [0.25, 0.3) is 0 Å². The van der Waals surface area contributed by atoms with E-state index in [1.165, 1.54) is 11.3 Å². The predicted molar refractivity (Wildman–Crippen MR) is 77.3 cm³/mol. The fraction of sp³-hybridized carbons (Fsp3) is 0.400. The summed E-state index contributed by atoms with van der Waals surface area (Å²) < 4.78 is 2.21. The Hall–Kier alpha value is -1.81. The molecule has 0 saturated carbocycles. The molecule has 4 nitrogen and oxygen atoms in total. The van der Waals surface area contributed by atoms with Gasteiger partial charge in [-0.15, -0.1) is 0 Å². The third-order valence-corrected chi connectivity index (χ3v) is 3.74. The highest BCUT2D eigenvalue weighted by Gasteiger charge is 2.14. The summed E-state index contributed by atoms with van der Waals surface area (Å²) in [5.41, 5.74) is 2.76. The molecule has 4 heteroatoms. The van der Waals surface area contributed by atoms with Gasteiger partial charge in [0.2, 0.25) is 0 Å². The second kappa shape index (κ2) is 5.45. The lowest BCUT2D eigenvalue weighted by molar-refractivity contribution is 0.627. The van der Waals surface area contributed by atoms with Crippen LogP contribution in [0.4, 0.5) is 5.69 Å². The molecule has 1 N–H and O–H groups in total.